The first-order valence-electron chi connectivity index (χ1n) is 7.33. The molecule has 3 aromatic rings. The number of aryl methyl sites for hydroxylation is 1. The molecular weight excluding hydrogens is 282 g/mol. The van der Waals surface area contributed by atoms with Gasteiger partial charge in [-0.25, -0.2) is 9.97 Å². The first-order chi connectivity index (χ1) is 10.6. The Bertz CT molecular complexity index is 777. The lowest BCUT2D eigenvalue weighted by atomic mass is 10.1. The highest BCUT2D eigenvalue weighted by Gasteiger charge is 2.23. The van der Waals surface area contributed by atoms with E-state index in [-0.39, 0.29) is 12.0 Å². The van der Waals surface area contributed by atoms with Crippen molar-refractivity contribution < 1.29 is 9.26 Å². The Labute approximate surface area is 128 Å². The molecule has 0 aliphatic carbocycles. The van der Waals surface area contributed by atoms with E-state index in [4.69, 9.17) is 9.26 Å². The van der Waals surface area contributed by atoms with E-state index in [2.05, 4.69) is 34.0 Å². The molecule has 22 heavy (non-hydrogen) atoms. The molecule has 0 saturated carbocycles. The van der Waals surface area contributed by atoms with Gasteiger partial charge in [0.25, 0.3) is 5.89 Å². The van der Waals surface area contributed by atoms with Crippen molar-refractivity contribution in [3.05, 3.63) is 24.4 Å². The molecule has 0 N–H and O–H groups in total. The average Bonchev–Trinajstić information content (AvgIpc) is 3.12. The second-order valence-corrected chi connectivity index (χ2v) is 5.46. The molecule has 0 aliphatic rings. The predicted molar refractivity (Wildman–Crippen MR) is 81.0 cm³/mol. The van der Waals surface area contributed by atoms with Gasteiger partial charge in [0, 0.05) is 19.9 Å². The maximum absolute atomic E-state index is 5.71. The Morgan fingerprint density at radius 2 is 2.14 bits per heavy atom. The topological polar surface area (TPSA) is 78.9 Å². The quantitative estimate of drug-likeness (QED) is 0.721. The molecule has 3 aromatic heterocycles. The van der Waals surface area contributed by atoms with Gasteiger partial charge in [-0.2, -0.15) is 4.98 Å². The third-order valence-electron chi connectivity index (χ3n) is 3.48. The zero-order valence-electron chi connectivity index (χ0n) is 13.1. The molecule has 116 valence electrons. The summed E-state index contributed by atoms with van der Waals surface area (Å²) in [7, 11) is 1.90. The molecule has 0 amide bonds. The van der Waals surface area contributed by atoms with Crippen molar-refractivity contribution in [1.29, 1.82) is 0 Å². The van der Waals surface area contributed by atoms with E-state index in [1.807, 2.05) is 24.6 Å². The Morgan fingerprint density at radius 3 is 2.86 bits per heavy atom. The van der Waals surface area contributed by atoms with Crippen LogP contribution >= 0.6 is 0 Å². The van der Waals surface area contributed by atoms with Crippen molar-refractivity contribution in [3.63, 3.8) is 0 Å². The summed E-state index contributed by atoms with van der Waals surface area (Å²) in [5.74, 6) is 1.26. The third kappa shape index (κ3) is 2.48. The number of nitrogens with zero attached hydrogens (tertiary/aromatic N) is 5. The fraction of sp³-hybridized carbons (Fsp3) is 0.467. The number of imidazole rings is 1. The maximum atomic E-state index is 5.71. The molecule has 0 aromatic carbocycles. The molecule has 0 fully saturated rings. The molecule has 7 nitrogen and oxygen atoms in total. The van der Waals surface area contributed by atoms with Crippen LogP contribution in [-0.2, 0) is 11.8 Å². The Kier molecular flexibility index (Phi) is 3.89. The molecule has 0 aliphatic heterocycles. The number of ether oxygens (including phenoxy) is 1. The van der Waals surface area contributed by atoms with Gasteiger partial charge in [-0.15, -0.1) is 0 Å². The van der Waals surface area contributed by atoms with Gasteiger partial charge in [0.05, 0.1) is 11.9 Å². The Morgan fingerprint density at radius 1 is 1.32 bits per heavy atom. The van der Waals surface area contributed by atoms with Gasteiger partial charge >= 0.3 is 0 Å². The summed E-state index contributed by atoms with van der Waals surface area (Å²) in [6.07, 6.45) is 3.25. The van der Waals surface area contributed by atoms with Crippen LogP contribution in [0.15, 0.2) is 23.1 Å². The molecule has 0 saturated heterocycles. The molecule has 1 unspecified atom stereocenters. The second kappa shape index (κ2) is 5.84. The normalized spacial score (nSPS) is 13.1. The minimum atomic E-state index is -0.177. The van der Waals surface area contributed by atoms with E-state index >= 15 is 0 Å². The fourth-order valence-electron chi connectivity index (χ4n) is 2.40. The van der Waals surface area contributed by atoms with E-state index in [0.29, 0.717) is 18.3 Å². The summed E-state index contributed by atoms with van der Waals surface area (Å²) < 4.78 is 13.0. The van der Waals surface area contributed by atoms with Crippen molar-refractivity contribution in [2.24, 2.45) is 13.0 Å². The molecule has 0 radical (unpaired) electrons. The first-order valence-corrected chi connectivity index (χ1v) is 7.33. The Hall–Kier alpha value is -2.28. The highest BCUT2D eigenvalue weighted by atomic mass is 16.5. The van der Waals surface area contributed by atoms with Crippen molar-refractivity contribution in [2.75, 3.05) is 6.61 Å². The lowest BCUT2D eigenvalue weighted by Gasteiger charge is -2.16. The smallest absolute Gasteiger partial charge is 0.260 e. The fourth-order valence-corrected chi connectivity index (χ4v) is 2.40. The zero-order valence-corrected chi connectivity index (χ0v) is 13.1. The summed E-state index contributed by atoms with van der Waals surface area (Å²) in [4.78, 5) is 13.2. The van der Waals surface area contributed by atoms with Gasteiger partial charge in [0.2, 0.25) is 5.82 Å². The molecule has 3 heterocycles. The molecule has 0 spiro atoms. The van der Waals surface area contributed by atoms with Gasteiger partial charge in [0.1, 0.15) is 11.6 Å². The van der Waals surface area contributed by atoms with Crippen molar-refractivity contribution in [2.45, 2.75) is 26.9 Å². The molecule has 3 rings (SSSR count). The third-order valence-corrected chi connectivity index (χ3v) is 3.48. The number of hydrogen-bond donors (Lipinski definition) is 0. The Balaban J connectivity index is 2.02. The van der Waals surface area contributed by atoms with E-state index in [1.165, 1.54) is 0 Å². The second-order valence-electron chi connectivity index (χ2n) is 5.46. The lowest BCUT2D eigenvalue weighted by molar-refractivity contribution is 0.0217. The standard InChI is InChI=1S/C15H19N5O2/c1-5-21-12(9(2)3)13-18-15(22-19-13)10-6-7-16-14-11(10)17-8-20(14)4/h6-9,12H,5H2,1-4H3. The minimum Gasteiger partial charge on any atom is -0.370 e. The monoisotopic (exact) mass is 301 g/mol. The number of fused-ring (bicyclic) bond motifs is 1. The number of hydrogen-bond acceptors (Lipinski definition) is 6. The number of rotatable bonds is 5. The van der Waals surface area contributed by atoms with Gasteiger partial charge in [-0.05, 0) is 18.9 Å². The lowest BCUT2D eigenvalue weighted by Crippen LogP contribution is -2.12. The molecule has 0 bridgehead atoms. The van der Waals surface area contributed by atoms with Crippen LogP contribution in [0, 0.1) is 5.92 Å². The van der Waals surface area contributed by atoms with Crippen LogP contribution in [0.2, 0.25) is 0 Å². The summed E-state index contributed by atoms with van der Waals surface area (Å²) in [5, 5.41) is 4.08. The largest absolute Gasteiger partial charge is 0.370 e. The van der Waals surface area contributed by atoms with Crippen LogP contribution in [0.25, 0.3) is 22.6 Å². The predicted octanol–water partition coefficient (Wildman–Crippen LogP) is 2.75. The van der Waals surface area contributed by atoms with Crippen molar-refractivity contribution in [3.8, 4) is 11.5 Å². The van der Waals surface area contributed by atoms with Crippen LogP contribution in [0.4, 0.5) is 0 Å². The average molecular weight is 301 g/mol. The van der Waals surface area contributed by atoms with E-state index in [0.717, 1.165) is 16.7 Å². The van der Waals surface area contributed by atoms with Crippen LogP contribution in [0.3, 0.4) is 0 Å². The first kappa shape index (κ1) is 14.6. The minimum absolute atomic E-state index is 0.177. The molecular formula is C15H19N5O2. The van der Waals surface area contributed by atoms with Crippen LogP contribution < -0.4 is 0 Å². The summed E-state index contributed by atoms with van der Waals surface area (Å²) in [6, 6.07) is 1.83. The summed E-state index contributed by atoms with van der Waals surface area (Å²) in [5.41, 5.74) is 2.31. The maximum Gasteiger partial charge on any atom is 0.260 e. The van der Waals surface area contributed by atoms with Crippen LogP contribution in [0.5, 0.6) is 0 Å². The van der Waals surface area contributed by atoms with Crippen LogP contribution in [-0.4, -0.2) is 31.3 Å². The number of pyridine rings is 1. The highest BCUT2D eigenvalue weighted by Crippen LogP contribution is 2.28. The molecule has 1 atom stereocenters. The zero-order chi connectivity index (χ0) is 15.7. The van der Waals surface area contributed by atoms with E-state index in [1.54, 1.807) is 12.5 Å². The van der Waals surface area contributed by atoms with Crippen LogP contribution in [0.1, 0.15) is 32.7 Å². The van der Waals surface area contributed by atoms with E-state index in [9.17, 15) is 0 Å². The summed E-state index contributed by atoms with van der Waals surface area (Å²) in [6.45, 7) is 6.70. The number of aromatic nitrogens is 5. The van der Waals surface area contributed by atoms with Crippen molar-refractivity contribution >= 4 is 11.2 Å². The summed E-state index contributed by atoms with van der Waals surface area (Å²) >= 11 is 0. The SMILES string of the molecule is CCOC(c1noc(-c2ccnc3c2ncn3C)n1)C(C)C. The van der Waals surface area contributed by atoms with E-state index < -0.39 is 0 Å². The highest BCUT2D eigenvalue weighted by molar-refractivity contribution is 5.86. The van der Waals surface area contributed by atoms with Gasteiger partial charge in [0.15, 0.2) is 5.65 Å². The van der Waals surface area contributed by atoms with Crippen molar-refractivity contribution in [1.82, 2.24) is 24.7 Å². The van der Waals surface area contributed by atoms with Gasteiger partial charge < -0.3 is 13.8 Å². The van der Waals surface area contributed by atoms with Gasteiger partial charge in [-0.3, -0.25) is 0 Å². The molecule has 7 heteroatoms. The van der Waals surface area contributed by atoms with Gasteiger partial charge in [-0.1, -0.05) is 19.0 Å².